The lowest BCUT2D eigenvalue weighted by molar-refractivity contribution is 0.301. The maximum atomic E-state index is 5.79. The third kappa shape index (κ3) is 4.92. The maximum Gasteiger partial charge on any atom is 0.137 e. The minimum atomic E-state index is 0.505. The van der Waals surface area contributed by atoms with Crippen molar-refractivity contribution in [2.24, 2.45) is 5.73 Å². The Bertz CT molecular complexity index is 352. The smallest absolute Gasteiger partial charge is 0.137 e. The molecule has 0 saturated heterocycles. The molecule has 2 N–H and O–H groups in total. The number of unbranched alkanes of at least 4 members (excludes halogenated alkanes) is 3. The van der Waals surface area contributed by atoms with E-state index in [1.54, 1.807) is 0 Å². The number of nitrogens with two attached hydrogens (primary N) is 1. The highest BCUT2D eigenvalue weighted by atomic mass is 79.9. The second-order valence-electron chi connectivity index (χ2n) is 3.92. The lowest BCUT2D eigenvalue weighted by Gasteiger charge is -2.12. The molecule has 0 amide bonds. The molecule has 0 heterocycles. The fraction of sp³-hybridized carbons (Fsp3) is 0.429. The predicted octanol–water partition coefficient (Wildman–Crippen LogP) is 4.03. The van der Waals surface area contributed by atoms with E-state index in [1.165, 1.54) is 12.8 Å². The van der Waals surface area contributed by atoms with Crippen molar-refractivity contribution in [1.29, 1.82) is 0 Å². The molecular formula is C14H20BrNO. The van der Waals surface area contributed by atoms with Gasteiger partial charge in [-0.25, -0.2) is 0 Å². The molecule has 0 atom stereocenters. The molecular weight excluding hydrogens is 278 g/mol. The van der Waals surface area contributed by atoms with Gasteiger partial charge in [-0.05, 0) is 47.7 Å². The number of hydrogen-bond acceptors (Lipinski definition) is 2. The third-order valence-corrected chi connectivity index (χ3v) is 3.19. The summed E-state index contributed by atoms with van der Waals surface area (Å²) in [6, 6.07) is 5.95. The topological polar surface area (TPSA) is 35.2 Å². The molecule has 0 aromatic heterocycles. The number of rotatable bonds is 8. The molecule has 3 heteroatoms. The van der Waals surface area contributed by atoms with Crippen LogP contribution in [0.3, 0.4) is 0 Å². The summed E-state index contributed by atoms with van der Waals surface area (Å²) >= 11 is 3.49. The Morgan fingerprint density at radius 2 is 2.12 bits per heavy atom. The van der Waals surface area contributed by atoms with Crippen LogP contribution in [0, 0.1) is 0 Å². The molecule has 0 aliphatic heterocycles. The van der Waals surface area contributed by atoms with E-state index in [2.05, 4.69) is 22.5 Å². The van der Waals surface area contributed by atoms with Gasteiger partial charge >= 0.3 is 0 Å². The van der Waals surface area contributed by atoms with Crippen LogP contribution in [0.4, 0.5) is 0 Å². The van der Waals surface area contributed by atoms with Gasteiger partial charge in [0.2, 0.25) is 0 Å². The number of halogens is 1. The fourth-order valence-corrected chi connectivity index (χ4v) is 2.14. The van der Waals surface area contributed by atoms with E-state index in [4.69, 9.17) is 10.5 Å². The highest BCUT2D eigenvalue weighted by molar-refractivity contribution is 9.10. The van der Waals surface area contributed by atoms with Gasteiger partial charge in [0.25, 0.3) is 0 Å². The van der Waals surface area contributed by atoms with Crippen molar-refractivity contribution in [3.05, 3.63) is 40.9 Å². The molecule has 0 saturated carbocycles. The Labute approximate surface area is 112 Å². The summed E-state index contributed by atoms with van der Waals surface area (Å²) in [4.78, 5) is 0. The first-order valence-corrected chi connectivity index (χ1v) is 6.80. The van der Waals surface area contributed by atoms with Crippen molar-refractivity contribution >= 4 is 15.9 Å². The molecule has 0 radical (unpaired) electrons. The standard InChI is InChI=1S/C14H20BrNO/c1-2-3-4-5-6-10-17-14-12(11-16)8-7-9-13(14)15/h2,7-9H,1,3-6,10-11,16H2. The molecule has 1 aromatic carbocycles. The molecule has 94 valence electrons. The van der Waals surface area contributed by atoms with E-state index in [-0.39, 0.29) is 0 Å². The fourth-order valence-electron chi connectivity index (χ4n) is 1.62. The lowest BCUT2D eigenvalue weighted by atomic mass is 10.2. The summed E-state index contributed by atoms with van der Waals surface area (Å²) < 4.78 is 6.76. The van der Waals surface area contributed by atoms with Crippen LogP contribution in [0.25, 0.3) is 0 Å². The van der Waals surface area contributed by atoms with Crippen molar-refractivity contribution in [2.45, 2.75) is 32.2 Å². The Morgan fingerprint density at radius 1 is 1.29 bits per heavy atom. The monoisotopic (exact) mass is 297 g/mol. The van der Waals surface area contributed by atoms with Gasteiger partial charge in [-0.1, -0.05) is 18.2 Å². The first kappa shape index (κ1) is 14.3. The van der Waals surface area contributed by atoms with Crippen LogP contribution in [0.5, 0.6) is 5.75 Å². The van der Waals surface area contributed by atoms with E-state index < -0.39 is 0 Å². The predicted molar refractivity (Wildman–Crippen MR) is 76.2 cm³/mol. The molecule has 0 bridgehead atoms. The van der Waals surface area contributed by atoms with E-state index in [0.717, 1.165) is 35.2 Å². The van der Waals surface area contributed by atoms with E-state index in [1.807, 2.05) is 24.3 Å². The van der Waals surface area contributed by atoms with Crippen molar-refractivity contribution in [3.63, 3.8) is 0 Å². The number of hydrogen-bond donors (Lipinski definition) is 1. The largest absolute Gasteiger partial charge is 0.492 e. The van der Waals surface area contributed by atoms with Crippen molar-refractivity contribution in [2.75, 3.05) is 6.61 Å². The number of ether oxygens (including phenoxy) is 1. The average molecular weight is 298 g/mol. The zero-order valence-corrected chi connectivity index (χ0v) is 11.7. The van der Waals surface area contributed by atoms with Gasteiger partial charge in [-0.3, -0.25) is 0 Å². The normalized spacial score (nSPS) is 10.2. The van der Waals surface area contributed by atoms with Crippen molar-refractivity contribution in [1.82, 2.24) is 0 Å². The summed E-state index contributed by atoms with van der Waals surface area (Å²) in [6.07, 6.45) is 6.48. The zero-order valence-electron chi connectivity index (χ0n) is 10.1. The highest BCUT2D eigenvalue weighted by Crippen LogP contribution is 2.28. The zero-order chi connectivity index (χ0) is 12.5. The summed E-state index contributed by atoms with van der Waals surface area (Å²) in [6.45, 7) is 4.96. The molecule has 2 nitrogen and oxygen atoms in total. The molecule has 0 aliphatic carbocycles. The first-order chi connectivity index (χ1) is 8.29. The molecule has 0 spiro atoms. The molecule has 1 aromatic rings. The Morgan fingerprint density at radius 3 is 2.82 bits per heavy atom. The summed E-state index contributed by atoms with van der Waals surface area (Å²) in [5, 5.41) is 0. The van der Waals surface area contributed by atoms with Gasteiger partial charge in [0, 0.05) is 12.1 Å². The van der Waals surface area contributed by atoms with Crippen LogP contribution < -0.4 is 10.5 Å². The van der Waals surface area contributed by atoms with Crippen LogP contribution in [0.2, 0.25) is 0 Å². The lowest BCUT2D eigenvalue weighted by Crippen LogP contribution is -2.04. The SMILES string of the molecule is C=CCCCCCOc1c(Br)cccc1CN. The molecule has 1 rings (SSSR count). The average Bonchev–Trinajstić information content (AvgIpc) is 2.35. The van der Waals surface area contributed by atoms with Gasteiger partial charge in [0.05, 0.1) is 11.1 Å². The second kappa shape index (κ2) is 8.31. The Kier molecular flexibility index (Phi) is 6.97. The van der Waals surface area contributed by atoms with Crippen LogP contribution in [-0.4, -0.2) is 6.61 Å². The minimum Gasteiger partial charge on any atom is -0.492 e. The van der Waals surface area contributed by atoms with Gasteiger partial charge in [0.1, 0.15) is 5.75 Å². The quantitative estimate of drug-likeness (QED) is 0.581. The Hall–Kier alpha value is -0.800. The highest BCUT2D eigenvalue weighted by Gasteiger charge is 2.06. The van der Waals surface area contributed by atoms with Crippen LogP contribution in [0.1, 0.15) is 31.2 Å². The summed E-state index contributed by atoms with van der Waals surface area (Å²) in [5.74, 6) is 0.888. The summed E-state index contributed by atoms with van der Waals surface area (Å²) in [7, 11) is 0. The van der Waals surface area contributed by atoms with Crippen molar-refractivity contribution < 1.29 is 4.74 Å². The molecule has 0 aliphatic rings. The van der Waals surface area contributed by atoms with Gasteiger partial charge in [0.15, 0.2) is 0 Å². The summed E-state index contributed by atoms with van der Waals surface area (Å²) in [5.41, 5.74) is 6.72. The van der Waals surface area contributed by atoms with Gasteiger partial charge < -0.3 is 10.5 Å². The number of para-hydroxylation sites is 1. The van der Waals surface area contributed by atoms with Crippen LogP contribution in [0.15, 0.2) is 35.3 Å². The second-order valence-corrected chi connectivity index (χ2v) is 4.77. The molecule has 0 unspecified atom stereocenters. The number of benzene rings is 1. The van der Waals surface area contributed by atoms with Gasteiger partial charge in [-0.2, -0.15) is 0 Å². The molecule has 0 fully saturated rings. The van der Waals surface area contributed by atoms with Crippen LogP contribution in [-0.2, 0) is 6.54 Å². The maximum absolute atomic E-state index is 5.79. The molecule has 17 heavy (non-hydrogen) atoms. The van der Waals surface area contributed by atoms with E-state index in [9.17, 15) is 0 Å². The minimum absolute atomic E-state index is 0.505. The van der Waals surface area contributed by atoms with E-state index in [0.29, 0.717) is 6.54 Å². The van der Waals surface area contributed by atoms with Crippen LogP contribution >= 0.6 is 15.9 Å². The third-order valence-electron chi connectivity index (χ3n) is 2.57. The van der Waals surface area contributed by atoms with Crippen molar-refractivity contribution in [3.8, 4) is 5.75 Å². The Balaban J connectivity index is 2.38. The first-order valence-electron chi connectivity index (χ1n) is 6.00. The van der Waals surface area contributed by atoms with Gasteiger partial charge in [-0.15, -0.1) is 6.58 Å². The van der Waals surface area contributed by atoms with E-state index >= 15 is 0 Å². The number of allylic oxidation sites excluding steroid dienone is 1.